The van der Waals surface area contributed by atoms with Crippen molar-refractivity contribution in [3.63, 3.8) is 0 Å². The maximum atomic E-state index is 10.6. The van der Waals surface area contributed by atoms with Crippen LogP contribution in [0, 0.1) is 46.3 Å². The normalized spacial score (nSPS) is 39.5. The van der Waals surface area contributed by atoms with Crippen LogP contribution in [0.5, 0.6) is 0 Å². The minimum Gasteiger partial charge on any atom is -0.390 e. The number of methoxy groups -OCH3 is 2. The Kier molecular flexibility index (Phi) is 19.1. The molecule has 8 N–H and O–H groups in total. The van der Waals surface area contributed by atoms with E-state index in [2.05, 4.69) is 52.0 Å². The molecule has 6 rings (SSSR count). The van der Waals surface area contributed by atoms with Crippen LogP contribution >= 0.6 is 0 Å². The number of fused-ring (bicyclic) bond motifs is 2. The van der Waals surface area contributed by atoms with Crippen LogP contribution in [0.15, 0.2) is 46.6 Å². The minimum absolute atomic E-state index is 0.0699. The summed E-state index contributed by atoms with van der Waals surface area (Å²) in [6.45, 7) is 17.3. The lowest BCUT2D eigenvalue weighted by molar-refractivity contribution is -0.181. The lowest BCUT2D eigenvalue weighted by atomic mass is 9.60. The first-order chi connectivity index (χ1) is 30.8. The van der Waals surface area contributed by atoms with Crippen LogP contribution in [0.4, 0.5) is 0 Å². The second-order valence-corrected chi connectivity index (χ2v) is 24.4. The first kappa shape index (κ1) is 55.5. The molecule has 0 aromatic rings. The highest BCUT2D eigenvalue weighted by molar-refractivity contribution is 5.29. The molecule has 6 fully saturated rings. The van der Waals surface area contributed by atoms with Gasteiger partial charge in [0, 0.05) is 14.2 Å². The number of hydrogen-bond donors (Lipinski definition) is 8. The van der Waals surface area contributed by atoms with E-state index in [9.17, 15) is 40.9 Å². The highest BCUT2D eigenvalue weighted by atomic mass is 16.5. The van der Waals surface area contributed by atoms with Gasteiger partial charge in [0.25, 0.3) is 0 Å². The van der Waals surface area contributed by atoms with Gasteiger partial charge in [-0.05, 0) is 177 Å². The average molecular weight is 929 g/mol. The van der Waals surface area contributed by atoms with Crippen LogP contribution in [0.25, 0.3) is 0 Å². The van der Waals surface area contributed by atoms with Crippen LogP contribution < -0.4 is 0 Å². The zero-order chi connectivity index (χ0) is 48.9. The molecule has 0 amide bonds. The van der Waals surface area contributed by atoms with E-state index in [1.165, 1.54) is 89.6 Å². The topological polar surface area (TPSA) is 180 Å². The molecule has 66 heavy (non-hydrogen) atoms. The van der Waals surface area contributed by atoms with Gasteiger partial charge >= 0.3 is 0 Å². The fourth-order valence-electron chi connectivity index (χ4n) is 14.4. The Morgan fingerprint density at radius 3 is 1.21 bits per heavy atom. The molecule has 6 aliphatic carbocycles. The Bertz CT molecular complexity index is 1530. The molecule has 380 valence electrons. The highest BCUT2D eigenvalue weighted by Crippen LogP contribution is 2.61. The molecule has 10 heteroatoms. The molecule has 0 aliphatic heterocycles. The van der Waals surface area contributed by atoms with Crippen molar-refractivity contribution in [1.82, 2.24) is 0 Å². The van der Waals surface area contributed by atoms with Gasteiger partial charge in [0.1, 0.15) is 11.2 Å². The molecule has 0 saturated heterocycles. The summed E-state index contributed by atoms with van der Waals surface area (Å²) in [4.78, 5) is 0. The highest BCUT2D eigenvalue weighted by Gasteiger charge is 2.53. The Morgan fingerprint density at radius 2 is 0.909 bits per heavy atom. The molecule has 0 bridgehead atoms. The summed E-state index contributed by atoms with van der Waals surface area (Å²) in [6.07, 6.45) is 24.6. The van der Waals surface area contributed by atoms with E-state index in [4.69, 9.17) is 9.47 Å². The zero-order valence-corrected chi connectivity index (χ0v) is 43.0. The lowest BCUT2D eigenvalue weighted by Crippen LogP contribution is -2.58. The Balaban J connectivity index is 0.000000247. The molecule has 6 aliphatic rings. The number of hydrogen-bond acceptors (Lipinski definition) is 10. The molecule has 0 radical (unpaired) electrons. The van der Waals surface area contributed by atoms with Crippen LogP contribution in [0.1, 0.15) is 184 Å². The average Bonchev–Trinajstić information content (AvgIpc) is 3.77. The van der Waals surface area contributed by atoms with Gasteiger partial charge in [0.2, 0.25) is 0 Å². The van der Waals surface area contributed by atoms with Crippen molar-refractivity contribution >= 4 is 0 Å². The molecule has 6 saturated carbocycles. The molecule has 10 nitrogen and oxygen atoms in total. The second-order valence-electron chi connectivity index (χ2n) is 24.4. The quantitative estimate of drug-likeness (QED) is 0.0745. The van der Waals surface area contributed by atoms with Gasteiger partial charge in [0.15, 0.2) is 0 Å². The summed E-state index contributed by atoms with van der Waals surface area (Å²) < 4.78 is 10.1. The van der Waals surface area contributed by atoms with Gasteiger partial charge in [-0.25, -0.2) is 0 Å². The maximum Gasteiger partial charge on any atom is 0.140 e. The van der Waals surface area contributed by atoms with Gasteiger partial charge in [-0.3, -0.25) is 0 Å². The van der Waals surface area contributed by atoms with Crippen molar-refractivity contribution in [2.24, 2.45) is 46.3 Å². The van der Waals surface area contributed by atoms with Crippen LogP contribution in [0.2, 0.25) is 0 Å². The zero-order valence-electron chi connectivity index (χ0n) is 43.0. The second kappa shape index (κ2) is 22.8. The number of aliphatic hydroxyl groups is 8. The van der Waals surface area contributed by atoms with Crippen molar-refractivity contribution in [2.75, 3.05) is 27.4 Å². The summed E-state index contributed by atoms with van der Waals surface area (Å²) in [5, 5.41) is 83.2. The number of ether oxygens (including phenoxy) is 2. The Hall–Kier alpha value is -1.44. The molecule has 6 unspecified atom stereocenters. The summed E-state index contributed by atoms with van der Waals surface area (Å²) in [7, 11) is 2.94. The summed E-state index contributed by atoms with van der Waals surface area (Å²) >= 11 is 0. The molecule has 12 atom stereocenters. The van der Waals surface area contributed by atoms with E-state index >= 15 is 0 Å². The predicted octanol–water partition coefficient (Wildman–Crippen LogP) is 9.05. The van der Waals surface area contributed by atoms with E-state index in [0.29, 0.717) is 60.2 Å². The molecular weight excluding hydrogens is 833 g/mol. The maximum absolute atomic E-state index is 10.6. The fourth-order valence-corrected chi connectivity index (χ4v) is 14.4. The van der Waals surface area contributed by atoms with Gasteiger partial charge in [-0.1, -0.05) is 100.0 Å². The van der Waals surface area contributed by atoms with Crippen LogP contribution in [-0.2, 0) is 9.47 Å². The first-order valence-electron chi connectivity index (χ1n) is 26.2. The van der Waals surface area contributed by atoms with Gasteiger partial charge in [0.05, 0.1) is 48.8 Å². The monoisotopic (exact) mass is 929 g/mol. The van der Waals surface area contributed by atoms with Gasteiger partial charge in [-0.2, -0.15) is 0 Å². The Morgan fingerprint density at radius 1 is 0.576 bits per heavy atom. The third-order valence-electron chi connectivity index (χ3n) is 18.3. The molecule has 0 spiro atoms. The fraction of sp³-hybridized carbons (Fsp3) is 0.857. The lowest BCUT2D eigenvalue weighted by Gasteiger charge is -2.44. The predicted molar refractivity (Wildman–Crippen MR) is 263 cm³/mol. The smallest absolute Gasteiger partial charge is 0.140 e. The van der Waals surface area contributed by atoms with Gasteiger partial charge in [-0.15, -0.1) is 0 Å². The van der Waals surface area contributed by atoms with E-state index in [-0.39, 0.29) is 13.2 Å². The summed E-state index contributed by atoms with van der Waals surface area (Å²) in [5.74, 6) is 4.00. The van der Waals surface area contributed by atoms with E-state index in [1.807, 2.05) is 27.7 Å². The van der Waals surface area contributed by atoms with E-state index < -0.39 is 46.8 Å². The third kappa shape index (κ3) is 13.1. The number of allylic oxidation sites excluding steroid dienone is 6. The summed E-state index contributed by atoms with van der Waals surface area (Å²) in [6, 6.07) is 0. The SMILES string of the molecule is COCC1(O)[C@H](O)CC(=C/C=C2\CCCC3(C)C2CCC3[C@H](C)CCCC(C)(C)O)C[C@H]1O.COCC1(O)[C@H](O)CC(=C/C=C2\CCCC3(C)C2CCC3[C@H](C)CCCC(C)(C)O)C[C@H]1O. The van der Waals surface area contributed by atoms with Crippen LogP contribution in [0.3, 0.4) is 0 Å². The number of aliphatic hydroxyl groups excluding tert-OH is 4. The van der Waals surface area contributed by atoms with Crippen molar-refractivity contribution in [3.05, 3.63) is 46.6 Å². The summed E-state index contributed by atoms with van der Waals surface area (Å²) in [5.41, 5.74) is 1.35. The van der Waals surface area contributed by atoms with Crippen molar-refractivity contribution in [3.8, 4) is 0 Å². The number of rotatable bonds is 16. The van der Waals surface area contributed by atoms with Crippen molar-refractivity contribution in [1.29, 1.82) is 0 Å². The van der Waals surface area contributed by atoms with Gasteiger partial charge < -0.3 is 50.3 Å². The van der Waals surface area contributed by atoms with E-state index in [0.717, 1.165) is 61.5 Å². The van der Waals surface area contributed by atoms with Crippen LogP contribution in [-0.4, -0.2) is 115 Å². The van der Waals surface area contributed by atoms with Crippen molar-refractivity contribution in [2.45, 2.75) is 231 Å². The largest absolute Gasteiger partial charge is 0.390 e. The molecule has 0 aromatic carbocycles. The third-order valence-corrected chi connectivity index (χ3v) is 18.3. The minimum atomic E-state index is -1.59. The van der Waals surface area contributed by atoms with Crippen molar-refractivity contribution < 1.29 is 50.3 Å². The van der Waals surface area contributed by atoms with E-state index in [1.54, 1.807) is 0 Å². The standard InChI is InChI=1S/2C28H48O5/c2*1-19(8-6-14-26(2,3)31)22-12-13-23-21(9-7-15-27(22,23)4)11-10-20-16-24(29)28(32,18-33-5)25(30)17-20/h2*10-11,19,22-25,29-32H,6-9,12-18H2,1-5H3/b2*20-10?,21-11+/t2*19-,22?,23?,24-,25-,27?,28?/m11/s1. The molecular formula is C56H96O10. The molecule has 0 aromatic heterocycles. The first-order valence-corrected chi connectivity index (χ1v) is 26.2. The molecule has 0 heterocycles. The Labute approximate surface area is 400 Å².